The Morgan fingerprint density at radius 3 is 2.91 bits per heavy atom. The SMILES string of the molecule is O=C1OCCN1c1cccc2c1CCN(C[C@H]1CCCCO1)C2. The number of benzene rings is 1. The van der Waals surface area contributed by atoms with Crippen molar-refractivity contribution in [3.05, 3.63) is 29.3 Å². The molecule has 1 aromatic carbocycles. The smallest absolute Gasteiger partial charge is 0.414 e. The molecular weight excluding hydrogens is 292 g/mol. The molecule has 23 heavy (non-hydrogen) atoms. The van der Waals surface area contributed by atoms with E-state index < -0.39 is 0 Å². The predicted molar refractivity (Wildman–Crippen MR) is 87.7 cm³/mol. The molecule has 0 N–H and O–H groups in total. The monoisotopic (exact) mass is 316 g/mol. The van der Waals surface area contributed by atoms with Crippen LogP contribution in [0.2, 0.25) is 0 Å². The van der Waals surface area contributed by atoms with Crippen LogP contribution in [0.5, 0.6) is 0 Å². The molecule has 0 saturated carbocycles. The second-order valence-corrected chi connectivity index (χ2v) is 6.65. The Morgan fingerprint density at radius 1 is 1.17 bits per heavy atom. The quantitative estimate of drug-likeness (QED) is 0.859. The molecule has 0 spiro atoms. The third-order valence-corrected chi connectivity index (χ3v) is 5.11. The lowest BCUT2D eigenvalue weighted by Gasteiger charge is -2.34. The number of cyclic esters (lactones) is 1. The van der Waals surface area contributed by atoms with Gasteiger partial charge in [0.25, 0.3) is 0 Å². The number of nitrogens with zero attached hydrogens (tertiary/aromatic N) is 2. The normalized spacial score (nSPS) is 25.3. The van der Waals surface area contributed by atoms with Gasteiger partial charge in [-0.1, -0.05) is 12.1 Å². The average Bonchev–Trinajstić information content (AvgIpc) is 3.01. The molecule has 0 bridgehead atoms. The van der Waals surface area contributed by atoms with Crippen molar-refractivity contribution < 1.29 is 14.3 Å². The van der Waals surface area contributed by atoms with Gasteiger partial charge in [-0.15, -0.1) is 0 Å². The van der Waals surface area contributed by atoms with Crippen LogP contribution < -0.4 is 4.90 Å². The van der Waals surface area contributed by atoms with Crippen molar-refractivity contribution in [3.8, 4) is 0 Å². The minimum atomic E-state index is -0.212. The summed E-state index contributed by atoms with van der Waals surface area (Å²) in [4.78, 5) is 16.1. The fraction of sp³-hybridized carbons (Fsp3) is 0.611. The van der Waals surface area contributed by atoms with Crippen molar-refractivity contribution in [1.82, 2.24) is 4.90 Å². The minimum absolute atomic E-state index is 0.212. The topological polar surface area (TPSA) is 42.0 Å². The molecule has 0 aliphatic carbocycles. The molecule has 1 aromatic rings. The number of amides is 1. The van der Waals surface area contributed by atoms with Gasteiger partial charge in [0.1, 0.15) is 6.61 Å². The molecule has 4 rings (SSSR count). The third kappa shape index (κ3) is 3.08. The van der Waals surface area contributed by atoms with E-state index >= 15 is 0 Å². The number of rotatable bonds is 3. The summed E-state index contributed by atoms with van der Waals surface area (Å²) in [6.07, 6.45) is 4.84. The van der Waals surface area contributed by atoms with Crippen LogP contribution in [0.25, 0.3) is 0 Å². The molecule has 1 amide bonds. The summed E-state index contributed by atoms with van der Waals surface area (Å²) in [5, 5.41) is 0. The first kappa shape index (κ1) is 15.0. The van der Waals surface area contributed by atoms with Crippen LogP contribution in [0.15, 0.2) is 18.2 Å². The van der Waals surface area contributed by atoms with E-state index in [1.165, 1.54) is 30.4 Å². The number of hydrogen-bond donors (Lipinski definition) is 0. The molecule has 3 aliphatic heterocycles. The van der Waals surface area contributed by atoms with Crippen LogP contribution in [0.4, 0.5) is 10.5 Å². The summed E-state index contributed by atoms with van der Waals surface area (Å²) in [5.74, 6) is 0. The van der Waals surface area contributed by atoms with Gasteiger partial charge in [-0.25, -0.2) is 4.79 Å². The zero-order chi connectivity index (χ0) is 15.6. The highest BCUT2D eigenvalue weighted by Crippen LogP contribution is 2.31. The summed E-state index contributed by atoms with van der Waals surface area (Å²) in [7, 11) is 0. The van der Waals surface area contributed by atoms with E-state index in [0.29, 0.717) is 19.3 Å². The predicted octanol–water partition coefficient (Wildman–Crippen LogP) is 2.57. The van der Waals surface area contributed by atoms with Crippen molar-refractivity contribution in [2.24, 2.45) is 0 Å². The Bertz CT molecular complexity index is 584. The first-order chi connectivity index (χ1) is 11.3. The van der Waals surface area contributed by atoms with Gasteiger partial charge < -0.3 is 9.47 Å². The lowest BCUT2D eigenvalue weighted by Crippen LogP contribution is -2.39. The van der Waals surface area contributed by atoms with E-state index in [0.717, 1.165) is 38.3 Å². The van der Waals surface area contributed by atoms with Gasteiger partial charge in [-0.2, -0.15) is 0 Å². The molecule has 2 saturated heterocycles. The molecule has 5 heteroatoms. The molecule has 2 fully saturated rings. The maximum absolute atomic E-state index is 11.9. The Labute approximate surface area is 137 Å². The maximum Gasteiger partial charge on any atom is 0.414 e. The second kappa shape index (κ2) is 6.49. The van der Waals surface area contributed by atoms with Gasteiger partial charge in [0.2, 0.25) is 0 Å². The van der Waals surface area contributed by atoms with Gasteiger partial charge in [0, 0.05) is 26.2 Å². The van der Waals surface area contributed by atoms with Crippen molar-refractivity contribution in [2.45, 2.75) is 38.3 Å². The van der Waals surface area contributed by atoms with Gasteiger partial charge in [-0.05, 0) is 42.9 Å². The summed E-state index contributed by atoms with van der Waals surface area (Å²) < 4.78 is 11.0. The lowest BCUT2D eigenvalue weighted by atomic mass is 9.96. The fourth-order valence-corrected chi connectivity index (χ4v) is 3.91. The summed E-state index contributed by atoms with van der Waals surface area (Å²) in [6.45, 7) is 5.08. The summed E-state index contributed by atoms with van der Waals surface area (Å²) in [5.41, 5.74) is 3.69. The van der Waals surface area contributed by atoms with E-state index in [1.54, 1.807) is 4.90 Å². The molecule has 3 heterocycles. The minimum Gasteiger partial charge on any atom is -0.447 e. The van der Waals surface area contributed by atoms with E-state index in [-0.39, 0.29) is 6.09 Å². The Kier molecular flexibility index (Phi) is 4.23. The van der Waals surface area contributed by atoms with Crippen LogP contribution in [0.3, 0.4) is 0 Å². The maximum atomic E-state index is 11.9. The first-order valence-electron chi connectivity index (χ1n) is 8.70. The van der Waals surface area contributed by atoms with E-state index in [4.69, 9.17) is 9.47 Å². The van der Waals surface area contributed by atoms with Crippen molar-refractivity contribution in [1.29, 1.82) is 0 Å². The number of carbonyl (C=O) groups excluding carboxylic acids is 1. The summed E-state index contributed by atoms with van der Waals surface area (Å²) in [6, 6.07) is 6.29. The Hall–Kier alpha value is -1.59. The van der Waals surface area contributed by atoms with E-state index in [1.807, 2.05) is 6.07 Å². The first-order valence-corrected chi connectivity index (χ1v) is 8.70. The molecule has 0 radical (unpaired) electrons. The standard InChI is InChI=1S/C18H24N2O3/c21-18-20(9-11-23-18)17-6-3-4-14-12-19(8-7-16(14)17)13-15-5-1-2-10-22-15/h3-4,6,15H,1-2,5,7-13H2/t15-/m1/s1. The lowest BCUT2D eigenvalue weighted by molar-refractivity contribution is -0.00799. The van der Waals surface area contributed by atoms with Gasteiger partial charge >= 0.3 is 6.09 Å². The highest BCUT2D eigenvalue weighted by molar-refractivity contribution is 5.90. The number of ether oxygens (including phenoxy) is 2. The van der Waals surface area contributed by atoms with Crippen molar-refractivity contribution in [3.63, 3.8) is 0 Å². The van der Waals surface area contributed by atoms with Crippen LogP contribution in [0.1, 0.15) is 30.4 Å². The van der Waals surface area contributed by atoms with Crippen LogP contribution in [-0.2, 0) is 22.4 Å². The molecule has 0 unspecified atom stereocenters. The Balaban J connectivity index is 1.48. The highest BCUT2D eigenvalue weighted by Gasteiger charge is 2.29. The van der Waals surface area contributed by atoms with E-state index in [2.05, 4.69) is 17.0 Å². The zero-order valence-electron chi connectivity index (χ0n) is 13.5. The van der Waals surface area contributed by atoms with Crippen LogP contribution >= 0.6 is 0 Å². The summed E-state index contributed by atoms with van der Waals surface area (Å²) >= 11 is 0. The second-order valence-electron chi connectivity index (χ2n) is 6.65. The van der Waals surface area contributed by atoms with Gasteiger partial charge in [0.05, 0.1) is 18.3 Å². The molecule has 1 atom stereocenters. The van der Waals surface area contributed by atoms with Crippen LogP contribution in [0, 0.1) is 0 Å². The highest BCUT2D eigenvalue weighted by atomic mass is 16.6. The molecule has 5 nitrogen and oxygen atoms in total. The zero-order valence-corrected chi connectivity index (χ0v) is 13.5. The van der Waals surface area contributed by atoms with Crippen molar-refractivity contribution in [2.75, 3.05) is 37.7 Å². The van der Waals surface area contributed by atoms with Crippen molar-refractivity contribution >= 4 is 11.8 Å². The molecule has 3 aliphatic rings. The van der Waals surface area contributed by atoms with Gasteiger partial charge in [0.15, 0.2) is 0 Å². The van der Waals surface area contributed by atoms with E-state index in [9.17, 15) is 4.79 Å². The van der Waals surface area contributed by atoms with Gasteiger partial charge in [-0.3, -0.25) is 9.80 Å². The average molecular weight is 316 g/mol. The Morgan fingerprint density at radius 2 is 2.13 bits per heavy atom. The number of carbonyl (C=O) groups is 1. The largest absolute Gasteiger partial charge is 0.447 e. The third-order valence-electron chi connectivity index (χ3n) is 5.11. The number of anilines is 1. The number of fused-ring (bicyclic) bond motifs is 1. The fourth-order valence-electron chi connectivity index (χ4n) is 3.91. The van der Waals surface area contributed by atoms with Crippen LogP contribution in [-0.4, -0.2) is 49.9 Å². The molecule has 124 valence electrons. The number of hydrogen-bond acceptors (Lipinski definition) is 4. The molecule has 0 aromatic heterocycles. The molecular formula is C18H24N2O3.